The highest BCUT2D eigenvalue weighted by atomic mass is 79.9. The molecule has 3 nitrogen and oxygen atoms in total. The van der Waals surface area contributed by atoms with E-state index >= 15 is 0 Å². The average molecular weight is 514 g/mol. The van der Waals surface area contributed by atoms with Crippen LogP contribution in [0.2, 0.25) is 5.02 Å². The Hall–Kier alpha value is -2.01. The fourth-order valence-electron chi connectivity index (χ4n) is 4.60. The second-order valence-corrected chi connectivity index (χ2v) is 9.79. The zero-order valence-electron chi connectivity index (χ0n) is 18.2. The van der Waals surface area contributed by atoms with Gasteiger partial charge in [0.1, 0.15) is 5.78 Å². The molecule has 0 aliphatic heterocycles. The molecule has 0 heterocycles. The summed E-state index contributed by atoms with van der Waals surface area (Å²) in [5.74, 6) is 0.325. The lowest BCUT2D eigenvalue weighted by Gasteiger charge is -2.09. The molecule has 0 aromatic heterocycles. The topological polar surface area (TPSA) is 43.4 Å². The average Bonchev–Trinajstić information content (AvgIpc) is 3.34. The predicted octanol–water partition coefficient (Wildman–Crippen LogP) is 6.79. The molecular formula is C27H26BrClO3. The van der Waals surface area contributed by atoms with Crippen LogP contribution in [0.25, 0.3) is 11.6 Å². The van der Waals surface area contributed by atoms with Crippen molar-refractivity contribution in [1.82, 2.24) is 0 Å². The Morgan fingerprint density at radius 3 is 2.62 bits per heavy atom. The van der Waals surface area contributed by atoms with E-state index in [0.717, 1.165) is 51.0 Å². The van der Waals surface area contributed by atoms with Crippen LogP contribution in [0.3, 0.4) is 0 Å². The minimum atomic E-state index is 0.126. The number of benzene rings is 2. The van der Waals surface area contributed by atoms with E-state index in [1.165, 1.54) is 16.7 Å². The van der Waals surface area contributed by atoms with Gasteiger partial charge in [-0.2, -0.15) is 0 Å². The van der Waals surface area contributed by atoms with Crippen LogP contribution in [0.15, 0.2) is 52.0 Å². The number of carbonyl (C=O) groups is 2. The maximum Gasteiger partial charge on any atom is 0.163 e. The maximum absolute atomic E-state index is 13.4. The van der Waals surface area contributed by atoms with E-state index in [1.807, 2.05) is 24.3 Å². The Kier molecular flexibility index (Phi) is 7.44. The molecule has 5 heteroatoms. The molecule has 0 N–H and O–H groups in total. The largest absolute Gasteiger partial charge is 0.385 e. The second kappa shape index (κ2) is 10.3. The molecule has 4 rings (SSSR count). The van der Waals surface area contributed by atoms with Crippen LogP contribution in [-0.4, -0.2) is 25.3 Å². The standard InChI is InChI=1S/C27H26BrClO3/c1-32-11-3-5-23(30)4-2-6-26(31)27-24-10-8-21(28)14-20(24)16-25(27)19-12-17-7-9-22(29)15-18(17)13-19/h7-10,13-15H,2-6,11-12,16H2,1H3. The molecule has 0 spiro atoms. The van der Waals surface area contributed by atoms with Gasteiger partial charge in [0.2, 0.25) is 0 Å². The minimum Gasteiger partial charge on any atom is -0.385 e. The number of methoxy groups -OCH3 is 1. The van der Waals surface area contributed by atoms with E-state index < -0.39 is 0 Å². The molecule has 0 saturated carbocycles. The predicted molar refractivity (Wildman–Crippen MR) is 133 cm³/mol. The molecule has 2 aromatic rings. The van der Waals surface area contributed by atoms with Crippen molar-refractivity contribution in [3.8, 4) is 0 Å². The van der Waals surface area contributed by atoms with Crippen molar-refractivity contribution in [3.63, 3.8) is 0 Å². The number of halogens is 2. The number of hydrogen-bond donors (Lipinski definition) is 0. The summed E-state index contributed by atoms with van der Waals surface area (Å²) in [4.78, 5) is 25.5. The third-order valence-corrected chi connectivity index (χ3v) is 6.88. The summed E-state index contributed by atoms with van der Waals surface area (Å²) >= 11 is 9.75. The monoisotopic (exact) mass is 512 g/mol. The number of fused-ring (bicyclic) bond motifs is 2. The lowest BCUT2D eigenvalue weighted by atomic mass is 9.93. The van der Waals surface area contributed by atoms with Gasteiger partial charge in [-0.1, -0.05) is 45.7 Å². The summed E-state index contributed by atoms with van der Waals surface area (Å²) in [6, 6.07) is 12.1. The summed E-state index contributed by atoms with van der Waals surface area (Å²) < 4.78 is 6.02. The van der Waals surface area contributed by atoms with Gasteiger partial charge in [-0.05, 0) is 83.3 Å². The Morgan fingerprint density at radius 2 is 1.81 bits per heavy atom. The Morgan fingerprint density at radius 1 is 1.00 bits per heavy atom. The van der Waals surface area contributed by atoms with Crippen molar-refractivity contribution in [1.29, 1.82) is 0 Å². The van der Waals surface area contributed by atoms with Gasteiger partial charge in [0.05, 0.1) is 0 Å². The SMILES string of the molecule is COCCCC(=O)CCCC(=O)C1=C(C2=Cc3cc(Cl)ccc3C2)Cc2cc(Br)ccc21. The van der Waals surface area contributed by atoms with Gasteiger partial charge in [0.25, 0.3) is 0 Å². The number of carbonyl (C=O) groups excluding carboxylic acids is 2. The zero-order valence-corrected chi connectivity index (χ0v) is 20.5. The van der Waals surface area contributed by atoms with Gasteiger partial charge in [-0.15, -0.1) is 0 Å². The van der Waals surface area contributed by atoms with E-state index in [-0.39, 0.29) is 11.6 Å². The summed E-state index contributed by atoms with van der Waals surface area (Å²) in [5.41, 5.74) is 7.69. The maximum atomic E-state index is 13.4. The van der Waals surface area contributed by atoms with Crippen LogP contribution in [0.4, 0.5) is 0 Å². The smallest absolute Gasteiger partial charge is 0.163 e. The van der Waals surface area contributed by atoms with Gasteiger partial charge in [0.15, 0.2) is 5.78 Å². The number of allylic oxidation sites excluding steroid dienone is 3. The van der Waals surface area contributed by atoms with Crippen molar-refractivity contribution in [2.24, 2.45) is 0 Å². The third kappa shape index (κ3) is 5.14. The number of Topliss-reactive ketones (excluding diaryl/α,β-unsaturated/α-hetero) is 2. The van der Waals surface area contributed by atoms with Gasteiger partial charge in [-0.3, -0.25) is 9.59 Å². The molecule has 166 valence electrons. The van der Waals surface area contributed by atoms with Gasteiger partial charge < -0.3 is 4.74 Å². The van der Waals surface area contributed by atoms with Gasteiger partial charge >= 0.3 is 0 Å². The van der Waals surface area contributed by atoms with Crippen LogP contribution >= 0.6 is 27.5 Å². The highest BCUT2D eigenvalue weighted by Gasteiger charge is 2.30. The second-order valence-electron chi connectivity index (χ2n) is 8.43. The summed E-state index contributed by atoms with van der Waals surface area (Å²) in [5, 5.41) is 0.723. The van der Waals surface area contributed by atoms with E-state index in [1.54, 1.807) is 7.11 Å². The molecule has 0 saturated heterocycles. The molecule has 32 heavy (non-hydrogen) atoms. The number of rotatable bonds is 10. The molecule has 0 radical (unpaired) electrons. The van der Waals surface area contributed by atoms with Crippen molar-refractivity contribution >= 4 is 50.7 Å². The quantitative estimate of drug-likeness (QED) is 0.329. The van der Waals surface area contributed by atoms with Crippen LogP contribution in [-0.2, 0) is 27.2 Å². The molecule has 2 aliphatic carbocycles. The van der Waals surface area contributed by atoms with E-state index in [0.29, 0.717) is 32.3 Å². The lowest BCUT2D eigenvalue weighted by Crippen LogP contribution is -2.06. The normalized spacial score (nSPS) is 14.4. The molecule has 0 amide bonds. The first-order valence-electron chi connectivity index (χ1n) is 11.0. The zero-order chi connectivity index (χ0) is 22.7. The van der Waals surface area contributed by atoms with Crippen molar-refractivity contribution in [2.75, 3.05) is 13.7 Å². The van der Waals surface area contributed by atoms with Crippen LogP contribution in [0.5, 0.6) is 0 Å². The highest BCUT2D eigenvalue weighted by molar-refractivity contribution is 9.10. The molecule has 0 atom stereocenters. The fraction of sp³-hybridized carbons (Fsp3) is 0.333. The van der Waals surface area contributed by atoms with Crippen molar-refractivity contribution < 1.29 is 14.3 Å². The number of ether oxygens (including phenoxy) is 1. The lowest BCUT2D eigenvalue weighted by molar-refractivity contribution is -0.119. The first-order valence-corrected chi connectivity index (χ1v) is 12.2. The summed E-state index contributed by atoms with van der Waals surface area (Å²) in [6.45, 7) is 0.593. The summed E-state index contributed by atoms with van der Waals surface area (Å²) in [6.07, 6.45) is 6.39. The van der Waals surface area contributed by atoms with Crippen LogP contribution in [0.1, 0.15) is 54.4 Å². The Balaban J connectivity index is 1.54. The minimum absolute atomic E-state index is 0.126. The van der Waals surface area contributed by atoms with Crippen molar-refractivity contribution in [3.05, 3.63) is 79.3 Å². The van der Waals surface area contributed by atoms with Gasteiger partial charge in [0, 0.05) is 48.0 Å². The Bertz CT molecular complexity index is 1130. The molecule has 2 aromatic carbocycles. The van der Waals surface area contributed by atoms with Crippen LogP contribution in [0, 0.1) is 0 Å². The molecule has 0 fully saturated rings. The molecule has 0 unspecified atom stereocenters. The van der Waals surface area contributed by atoms with Crippen LogP contribution < -0.4 is 0 Å². The fourth-order valence-corrected chi connectivity index (χ4v) is 5.18. The van der Waals surface area contributed by atoms with E-state index in [2.05, 4.69) is 34.1 Å². The molecule has 0 bridgehead atoms. The molecule has 2 aliphatic rings. The van der Waals surface area contributed by atoms with Crippen molar-refractivity contribution in [2.45, 2.75) is 44.9 Å². The first kappa shape index (κ1) is 23.2. The molecular weight excluding hydrogens is 488 g/mol. The summed E-state index contributed by atoms with van der Waals surface area (Å²) in [7, 11) is 1.64. The highest BCUT2D eigenvalue weighted by Crippen LogP contribution is 2.42. The van der Waals surface area contributed by atoms with E-state index in [4.69, 9.17) is 16.3 Å². The first-order chi connectivity index (χ1) is 15.5. The third-order valence-electron chi connectivity index (χ3n) is 6.15. The number of hydrogen-bond acceptors (Lipinski definition) is 3. The Labute approximate surface area is 202 Å². The van der Waals surface area contributed by atoms with Gasteiger partial charge in [-0.25, -0.2) is 0 Å². The number of ketones is 2. The van der Waals surface area contributed by atoms with E-state index in [9.17, 15) is 9.59 Å².